The quantitative estimate of drug-likeness (QED) is 0.620. The molecule has 0 heterocycles. The van der Waals surface area contributed by atoms with Gasteiger partial charge >= 0.3 is 0 Å². The van der Waals surface area contributed by atoms with Crippen LogP contribution in [0.2, 0.25) is 0 Å². The van der Waals surface area contributed by atoms with E-state index < -0.39 is 0 Å². The second kappa shape index (κ2) is 7.35. The van der Waals surface area contributed by atoms with Crippen LogP contribution in [0.4, 0.5) is 0 Å². The predicted molar refractivity (Wildman–Crippen MR) is 73.8 cm³/mol. The first kappa shape index (κ1) is 14.1. The molecule has 0 radical (unpaired) electrons. The molecule has 0 aliphatic rings. The number of hydrogen-bond acceptors (Lipinski definition) is 3. The van der Waals surface area contributed by atoms with E-state index in [9.17, 15) is 0 Å². The van der Waals surface area contributed by atoms with Crippen LogP contribution in [0.1, 0.15) is 12.5 Å². The van der Waals surface area contributed by atoms with E-state index in [1.807, 2.05) is 25.1 Å². The molecule has 1 aromatic rings. The van der Waals surface area contributed by atoms with E-state index in [2.05, 4.69) is 27.8 Å². The van der Waals surface area contributed by atoms with Crippen LogP contribution in [0, 0.1) is 0 Å². The van der Waals surface area contributed by atoms with Gasteiger partial charge in [-0.05, 0) is 40.5 Å². The van der Waals surface area contributed by atoms with E-state index in [4.69, 9.17) is 9.47 Å². The molecule has 1 N–H and O–H groups in total. The molecule has 0 atom stereocenters. The van der Waals surface area contributed by atoms with Crippen molar-refractivity contribution in [2.24, 2.45) is 0 Å². The molecule has 0 spiro atoms. The topological polar surface area (TPSA) is 30.5 Å². The van der Waals surface area contributed by atoms with Gasteiger partial charge in [-0.25, -0.2) is 0 Å². The third-order valence-corrected chi connectivity index (χ3v) is 2.78. The Morgan fingerprint density at radius 2 is 2.24 bits per heavy atom. The highest BCUT2D eigenvalue weighted by Crippen LogP contribution is 2.36. The molecule has 0 fully saturated rings. The molecule has 0 saturated heterocycles. The molecule has 0 aliphatic heterocycles. The van der Waals surface area contributed by atoms with Crippen molar-refractivity contribution in [2.75, 3.05) is 20.3 Å². The second-order valence-electron chi connectivity index (χ2n) is 3.46. The lowest BCUT2D eigenvalue weighted by molar-refractivity contribution is 0.308. The summed E-state index contributed by atoms with van der Waals surface area (Å²) < 4.78 is 11.8. The standard InChI is InChI=1S/C13H18BrNO2/c1-4-6-15-9-10-7-11(14)13(17-5-2)12(8-10)16-3/h4,7-8,15H,1,5-6,9H2,2-3H3. The zero-order valence-electron chi connectivity index (χ0n) is 10.3. The first-order chi connectivity index (χ1) is 8.22. The SMILES string of the molecule is C=CCNCc1cc(Br)c(OCC)c(OC)c1. The van der Waals surface area contributed by atoms with Gasteiger partial charge in [-0.1, -0.05) is 6.08 Å². The third kappa shape index (κ3) is 4.06. The summed E-state index contributed by atoms with van der Waals surface area (Å²) in [6.45, 7) is 7.79. The lowest BCUT2D eigenvalue weighted by Crippen LogP contribution is -2.12. The molecule has 1 aromatic carbocycles. The van der Waals surface area contributed by atoms with Gasteiger partial charge in [-0.2, -0.15) is 0 Å². The van der Waals surface area contributed by atoms with E-state index in [0.29, 0.717) is 6.61 Å². The van der Waals surface area contributed by atoms with Crippen molar-refractivity contribution in [1.29, 1.82) is 0 Å². The maximum absolute atomic E-state index is 5.53. The number of ether oxygens (including phenoxy) is 2. The molecular formula is C13H18BrNO2. The van der Waals surface area contributed by atoms with E-state index in [0.717, 1.165) is 34.6 Å². The van der Waals surface area contributed by atoms with Crippen LogP contribution in [-0.4, -0.2) is 20.3 Å². The molecule has 0 aromatic heterocycles. The van der Waals surface area contributed by atoms with E-state index in [1.165, 1.54) is 0 Å². The fourth-order valence-electron chi connectivity index (χ4n) is 1.48. The molecule has 17 heavy (non-hydrogen) atoms. The summed E-state index contributed by atoms with van der Waals surface area (Å²) >= 11 is 3.50. The van der Waals surface area contributed by atoms with Crippen LogP contribution >= 0.6 is 15.9 Å². The first-order valence-electron chi connectivity index (χ1n) is 5.53. The van der Waals surface area contributed by atoms with Gasteiger partial charge < -0.3 is 14.8 Å². The normalized spacial score (nSPS) is 10.1. The Bertz CT molecular complexity index is 380. The monoisotopic (exact) mass is 299 g/mol. The zero-order valence-corrected chi connectivity index (χ0v) is 11.8. The van der Waals surface area contributed by atoms with Gasteiger partial charge in [0.1, 0.15) is 0 Å². The summed E-state index contributed by atoms with van der Waals surface area (Å²) in [7, 11) is 1.64. The Morgan fingerprint density at radius 1 is 1.47 bits per heavy atom. The number of rotatable bonds is 7. The summed E-state index contributed by atoms with van der Waals surface area (Å²) in [5.41, 5.74) is 1.14. The van der Waals surface area contributed by atoms with Crippen LogP contribution in [-0.2, 0) is 6.54 Å². The number of halogens is 1. The molecule has 0 amide bonds. The van der Waals surface area contributed by atoms with Crippen molar-refractivity contribution < 1.29 is 9.47 Å². The first-order valence-corrected chi connectivity index (χ1v) is 6.33. The van der Waals surface area contributed by atoms with E-state index in [1.54, 1.807) is 7.11 Å². The number of hydrogen-bond donors (Lipinski definition) is 1. The van der Waals surface area contributed by atoms with E-state index >= 15 is 0 Å². The van der Waals surface area contributed by atoms with E-state index in [-0.39, 0.29) is 0 Å². The van der Waals surface area contributed by atoms with Crippen molar-refractivity contribution in [3.63, 3.8) is 0 Å². The summed E-state index contributed by atoms with van der Waals surface area (Å²) in [6.07, 6.45) is 1.83. The van der Waals surface area contributed by atoms with Crippen LogP contribution < -0.4 is 14.8 Å². The second-order valence-corrected chi connectivity index (χ2v) is 4.32. The summed E-state index contributed by atoms with van der Waals surface area (Å²) in [5, 5.41) is 3.25. The molecule has 0 aliphatic carbocycles. The fourth-order valence-corrected chi connectivity index (χ4v) is 2.08. The molecule has 0 saturated carbocycles. The average Bonchev–Trinajstić information content (AvgIpc) is 2.32. The lowest BCUT2D eigenvalue weighted by Gasteiger charge is -2.13. The zero-order chi connectivity index (χ0) is 12.7. The average molecular weight is 300 g/mol. The van der Waals surface area contributed by atoms with Crippen molar-refractivity contribution in [2.45, 2.75) is 13.5 Å². The van der Waals surface area contributed by atoms with Crippen molar-refractivity contribution in [3.05, 3.63) is 34.8 Å². The molecule has 4 heteroatoms. The largest absolute Gasteiger partial charge is 0.493 e. The van der Waals surface area contributed by atoms with Crippen molar-refractivity contribution in [1.82, 2.24) is 5.32 Å². The predicted octanol–water partition coefficient (Wildman–Crippen LogP) is 3.13. The Labute approximate surface area is 111 Å². The van der Waals surface area contributed by atoms with Crippen LogP contribution in [0.25, 0.3) is 0 Å². The molecule has 94 valence electrons. The van der Waals surface area contributed by atoms with Gasteiger partial charge in [-0.3, -0.25) is 0 Å². The number of benzene rings is 1. The fraction of sp³-hybridized carbons (Fsp3) is 0.385. The summed E-state index contributed by atoms with van der Waals surface area (Å²) in [6, 6.07) is 4.01. The highest BCUT2D eigenvalue weighted by atomic mass is 79.9. The highest BCUT2D eigenvalue weighted by molar-refractivity contribution is 9.10. The van der Waals surface area contributed by atoms with Crippen molar-refractivity contribution >= 4 is 15.9 Å². The number of methoxy groups -OCH3 is 1. The van der Waals surface area contributed by atoms with Gasteiger partial charge in [0, 0.05) is 13.1 Å². The van der Waals surface area contributed by atoms with Crippen molar-refractivity contribution in [3.8, 4) is 11.5 Å². The maximum atomic E-state index is 5.53. The van der Waals surface area contributed by atoms with Gasteiger partial charge in [-0.15, -0.1) is 6.58 Å². The molecule has 3 nitrogen and oxygen atoms in total. The molecule has 0 unspecified atom stereocenters. The number of nitrogens with one attached hydrogen (secondary N) is 1. The van der Waals surface area contributed by atoms with Crippen LogP contribution in [0.15, 0.2) is 29.3 Å². The minimum absolute atomic E-state index is 0.614. The highest BCUT2D eigenvalue weighted by Gasteiger charge is 2.10. The Morgan fingerprint density at radius 3 is 2.82 bits per heavy atom. The Hall–Kier alpha value is -1.00. The minimum atomic E-state index is 0.614. The van der Waals surface area contributed by atoms with Gasteiger partial charge in [0.2, 0.25) is 0 Å². The molecule has 0 bridgehead atoms. The maximum Gasteiger partial charge on any atom is 0.175 e. The van der Waals surface area contributed by atoms with Crippen LogP contribution in [0.3, 0.4) is 0 Å². The minimum Gasteiger partial charge on any atom is -0.493 e. The summed E-state index contributed by atoms with van der Waals surface area (Å²) in [4.78, 5) is 0. The van der Waals surface area contributed by atoms with Gasteiger partial charge in [0.25, 0.3) is 0 Å². The third-order valence-electron chi connectivity index (χ3n) is 2.20. The lowest BCUT2D eigenvalue weighted by atomic mass is 10.2. The van der Waals surface area contributed by atoms with Crippen LogP contribution in [0.5, 0.6) is 11.5 Å². The Kier molecular flexibility index (Phi) is 6.08. The molecule has 1 rings (SSSR count). The smallest absolute Gasteiger partial charge is 0.175 e. The van der Waals surface area contributed by atoms with Gasteiger partial charge in [0.05, 0.1) is 18.2 Å². The summed E-state index contributed by atoms with van der Waals surface area (Å²) in [5.74, 6) is 1.50. The molecular weight excluding hydrogens is 282 g/mol. The Balaban J connectivity index is 2.87. The van der Waals surface area contributed by atoms with Gasteiger partial charge in [0.15, 0.2) is 11.5 Å².